The summed E-state index contributed by atoms with van der Waals surface area (Å²) in [6.07, 6.45) is 1.12. The first kappa shape index (κ1) is 14.3. The standard InChI is InChI=1S/C14H18N2O4/c1-15(8-14(18)19)11-4-5-12-10(7-11)3-6-13(17)16(12)9-20-2/h4-5,7H,3,6,8-9H2,1-2H3,(H,18,19). The van der Waals surface area contributed by atoms with E-state index in [1.807, 2.05) is 18.2 Å². The van der Waals surface area contributed by atoms with Crippen molar-refractivity contribution in [2.24, 2.45) is 0 Å². The second-order valence-corrected chi connectivity index (χ2v) is 4.80. The summed E-state index contributed by atoms with van der Waals surface area (Å²) in [6, 6.07) is 5.61. The normalized spacial score (nSPS) is 14.1. The highest BCUT2D eigenvalue weighted by Gasteiger charge is 2.24. The Hall–Kier alpha value is -2.08. The van der Waals surface area contributed by atoms with Crippen LogP contribution < -0.4 is 9.80 Å². The average molecular weight is 278 g/mol. The molecule has 0 radical (unpaired) electrons. The maximum absolute atomic E-state index is 11.9. The Balaban J connectivity index is 2.27. The van der Waals surface area contributed by atoms with E-state index in [4.69, 9.17) is 9.84 Å². The molecule has 0 bridgehead atoms. The third-order valence-electron chi connectivity index (χ3n) is 3.33. The first-order valence-electron chi connectivity index (χ1n) is 6.38. The van der Waals surface area contributed by atoms with Crippen LogP contribution in [0, 0.1) is 0 Å². The molecule has 0 saturated heterocycles. The summed E-state index contributed by atoms with van der Waals surface area (Å²) < 4.78 is 5.06. The van der Waals surface area contributed by atoms with Gasteiger partial charge in [-0.2, -0.15) is 0 Å². The molecule has 1 heterocycles. The van der Waals surface area contributed by atoms with Gasteiger partial charge in [0.2, 0.25) is 5.91 Å². The van der Waals surface area contributed by atoms with Crippen LogP contribution in [0.5, 0.6) is 0 Å². The highest BCUT2D eigenvalue weighted by atomic mass is 16.5. The summed E-state index contributed by atoms with van der Waals surface area (Å²) >= 11 is 0. The van der Waals surface area contributed by atoms with Crippen LogP contribution in [0.2, 0.25) is 0 Å². The highest BCUT2D eigenvalue weighted by molar-refractivity contribution is 5.96. The zero-order valence-electron chi connectivity index (χ0n) is 11.6. The molecule has 0 fully saturated rings. The number of carboxylic acids is 1. The molecule has 1 aromatic rings. The molecule has 6 heteroatoms. The fraction of sp³-hybridized carbons (Fsp3) is 0.429. The number of nitrogens with zero attached hydrogens (tertiary/aromatic N) is 2. The van der Waals surface area contributed by atoms with Gasteiger partial charge in [0.25, 0.3) is 0 Å². The van der Waals surface area contributed by atoms with Gasteiger partial charge in [-0.3, -0.25) is 14.5 Å². The van der Waals surface area contributed by atoms with Crippen molar-refractivity contribution in [2.45, 2.75) is 12.8 Å². The molecule has 0 saturated carbocycles. The minimum atomic E-state index is -0.874. The number of likely N-dealkylation sites (N-methyl/N-ethyl adjacent to an activating group) is 1. The predicted molar refractivity (Wildman–Crippen MR) is 75.0 cm³/mol. The number of fused-ring (bicyclic) bond motifs is 1. The maximum atomic E-state index is 11.9. The van der Waals surface area contributed by atoms with Crippen molar-refractivity contribution in [1.29, 1.82) is 0 Å². The number of hydrogen-bond donors (Lipinski definition) is 1. The molecule has 1 N–H and O–H groups in total. The monoisotopic (exact) mass is 278 g/mol. The molecule has 1 amide bonds. The Labute approximate surface area is 117 Å². The zero-order chi connectivity index (χ0) is 14.7. The van der Waals surface area contributed by atoms with Crippen molar-refractivity contribution < 1.29 is 19.4 Å². The minimum Gasteiger partial charge on any atom is -0.480 e. The molecule has 6 nitrogen and oxygen atoms in total. The van der Waals surface area contributed by atoms with E-state index in [0.29, 0.717) is 12.8 Å². The molecular formula is C14H18N2O4. The SMILES string of the molecule is COCN1C(=O)CCc2cc(N(C)CC(=O)O)ccc21. The summed E-state index contributed by atoms with van der Waals surface area (Å²) in [6.45, 7) is 0.176. The van der Waals surface area contributed by atoms with Crippen LogP contribution in [0.25, 0.3) is 0 Å². The molecule has 1 aromatic carbocycles. The lowest BCUT2D eigenvalue weighted by molar-refractivity contribution is -0.135. The van der Waals surface area contributed by atoms with E-state index in [-0.39, 0.29) is 19.2 Å². The van der Waals surface area contributed by atoms with E-state index in [9.17, 15) is 9.59 Å². The molecule has 20 heavy (non-hydrogen) atoms. The van der Waals surface area contributed by atoms with Crippen LogP contribution in [0.3, 0.4) is 0 Å². The Kier molecular flexibility index (Phi) is 4.24. The summed E-state index contributed by atoms with van der Waals surface area (Å²) in [5, 5.41) is 8.82. The van der Waals surface area contributed by atoms with Gasteiger partial charge in [-0.15, -0.1) is 0 Å². The smallest absolute Gasteiger partial charge is 0.323 e. The third kappa shape index (κ3) is 2.91. The number of carbonyl (C=O) groups is 2. The lowest BCUT2D eigenvalue weighted by atomic mass is 10.0. The van der Waals surface area contributed by atoms with Gasteiger partial charge in [0.05, 0.1) is 0 Å². The number of aryl methyl sites for hydroxylation is 1. The molecule has 0 aromatic heterocycles. The molecule has 0 spiro atoms. The van der Waals surface area contributed by atoms with Gasteiger partial charge in [0.1, 0.15) is 13.3 Å². The lowest BCUT2D eigenvalue weighted by Gasteiger charge is -2.30. The van der Waals surface area contributed by atoms with Gasteiger partial charge in [-0.05, 0) is 30.2 Å². The maximum Gasteiger partial charge on any atom is 0.323 e. The Bertz CT molecular complexity index is 530. The zero-order valence-corrected chi connectivity index (χ0v) is 11.6. The number of methoxy groups -OCH3 is 1. The van der Waals surface area contributed by atoms with Gasteiger partial charge in [0, 0.05) is 32.0 Å². The van der Waals surface area contributed by atoms with E-state index in [0.717, 1.165) is 16.9 Å². The van der Waals surface area contributed by atoms with Gasteiger partial charge < -0.3 is 14.7 Å². The van der Waals surface area contributed by atoms with Crippen LogP contribution in [-0.4, -0.2) is 44.4 Å². The molecule has 0 aliphatic carbocycles. The summed E-state index contributed by atoms with van der Waals surface area (Å²) in [5.41, 5.74) is 2.71. The first-order chi connectivity index (χ1) is 9.52. The predicted octanol–water partition coefficient (Wildman–Crippen LogP) is 1.09. The van der Waals surface area contributed by atoms with Crippen LogP contribution in [-0.2, 0) is 20.7 Å². The van der Waals surface area contributed by atoms with Crippen LogP contribution in [0.1, 0.15) is 12.0 Å². The molecule has 1 aliphatic heterocycles. The first-order valence-corrected chi connectivity index (χ1v) is 6.38. The van der Waals surface area contributed by atoms with Crippen molar-refractivity contribution in [3.8, 4) is 0 Å². The van der Waals surface area contributed by atoms with Gasteiger partial charge >= 0.3 is 5.97 Å². The Morgan fingerprint density at radius 1 is 1.45 bits per heavy atom. The van der Waals surface area contributed by atoms with Crippen LogP contribution >= 0.6 is 0 Å². The van der Waals surface area contributed by atoms with Crippen molar-refractivity contribution >= 4 is 23.3 Å². The van der Waals surface area contributed by atoms with Crippen LogP contribution in [0.4, 0.5) is 11.4 Å². The van der Waals surface area contributed by atoms with E-state index in [2.05, 4.69) is 0 Å². The number of ether oxygens (including phenoxy) is 1. The van der Waals surface area contributed by atoms with Crippen molar-refractivity contribution in [3.63, 3.8) is 0 Å². The van der Waals surface area contributed by atoms with Gasteiger partial charge in [0.15, 0.2) is 0 Å². The fourth-order valence-electron chi connectivity index (χ4n) is 2.35. The van der Waals surface area contributed by atoms with E-state index >= 15 is 0 Å². The largest absolute Gasteiger partial charge is 0.480 e. The number of hydrogen-bond acceptors (Lipinski definition) is 4. The Morgan fingerprint density at radius 2 is 2.20 bits per heavy atom. The number of benzene rings is 1. The second kappa shape index (κ2) is 5.92. The average Bonchev–Trinajstić information content (AvgIpc) is 2.41. The highest BCUT2D eigenvalue weighted by Crippen LogP contribution is 2.31. The van der Waals surface area contributed by atoms with Gasteiger partial charge in [-0.25, -0.2) is 0 Å². The second-order valence-electron chi connectivity index (χ2n) is 4.80. The third-order valence-corrected chi connectivity index (χ3v) is 3.33. The lowest BCUT2D eigenvalue weighted by Crippen LogP contribution is -2.36. The number of rotatable bonds is 5. The number of anilines is 2. The van der Waals surface area contributed by atoms with E-state index in [1.165, 1.54) is 0 Å². The fourth-order valence-corrected chi connectivity index (χ4v) is 2.35. The van der Waals surface area contributed by atoms with Crippen molar-refractivity contribution in [2.75, 3.05) is 37.2 Å². The summed E-state index contributed by atoms with van der Waals surface area (Å²) in [7, 11) is 3.29. The summed E-state index contributed by atoms with van der Waals surface area (Å²) in [4.78, 5) is 25.9. The molecular weight excluding hydrogens is 260 g/mol. The van der Waals surface area contributed by atoms with Gasteiger partial charge in [-0.1, -0.05) is 0 Å². The molecule has 0 unspecified atom stereocenters. The molecule has 2 rings (SSSR count). The molecule has 1 aliphatic rings. The summed E-state index contributed by atoms with van der Waals surface area (Å²) in [5.74, 6) is -0.826. The quantitative estimate of drug-likeness (QED) is 0.873. The van der Waals surface area contributed by atoms with Crippen molar-refractivity contribution in [1.82, 2.24) is 0 Å². The Morgan fingerprint density at radius 3 is 2.85 bits per heavy atom. The van der Waals surface area contributed by atoms with E-state index in [1.54, 1.807) is 24.0 Å². The van der Waals surface area contributed by atoms with Crippen LogP contribution in [0.15, 0.2) is 18.2 Å². The number of carbonyl (C=O) groups excluding carboxylic acids is 1. The van der Waals surface area contributed by atoms with E-state index < -0.39 is 5.97 Å². The molecule has 108 valence electrons. The number of carboxylic acid groups (broad SMARTS) is 1. The minimum absolute atomic E-state index is 0.0472. The number of aliphatic carboxylic acids is 1. The topological polar surface area (TPSA) is 70.1 Å². The van der Waals surface area contributed by atoms with Crippen molar-refractivity contribution in [3.05, 3.63) is 23.8 Å². The molecule has 0 atom stereocenters. The number of amides is 1.